The minimum Gasteiger partial charge on any atom is -0.480 e. The van der Waals surface area contributed by atoms with Crippen LogP contribution in [0.25, 0.3) is 34.0 Å². The summed E-state index contributed by atoms with van der Waals surface area (Å²) in [6, 6.07) is 29.7. The van der Waals surface area contributed by atoms with Crippen molar-refractivity contribution in [2.75, 3.05) is 0 Å². The number of hydrogen-bond acceptors (Lipinski definition) is 5. The normalized spacial score (nSPS) is 12.1. The third-order valence-electron chi connectivity index (χ3n) is 7.21. The van der Waals surface area contributed by atoms with E-state index in [-0.39, 0.29) is 11.8 Å². The number of aryl methyl sites for hydroxylation is 1. The predicted molar refractivity (Wildman–Crippen MR) is 163 cm³/mol. The standard InChI is InChI=1S/C35H33N3O4/c1-22-5-9-24(10-6-22)25-13-15-28(16-14-25)33-37-31(38-42-33)26-11-7-23(8-12-26)21-30(34(40)41)36-32(39)27-17-19-29(20-18-27)35(2,3)4/h5-20,30H,21H2,1-4H3,(H,36,39)(H,40,41). The summed E-state index contributed by atoms with van der Waals surface area (Å²) in [6.45, 7) is 8.35. The molecule has 0 spiro atoms. The van der Waals surface area contributed by atoms with Crippen molar-refractivity contribution in [3.8, 4) is 34.0 Å². The maximum atomic E-state index is 12.8. The van der Waals surface area contributed by atoms with Gasteiger partial charge >= 0.3 is 5.97 Å². The number of aromatic nitrogens is 2. The topological polar surface area (TPSA) is 105 Å². The van der Waals surface area contributed by atoms with Crippen LogP contribution in [-0.4, -0.2) is 33.2 Å². The first-order chi connectivity index (χ1) is 20.1. The molecule has 0 fully saturated rings. The molecule has 5 aromatic rings. The van der Waals surface area contributed by atoms with Crippen molar-refractivity contribution >= 4 is 11.9 Å². The number of carbonyl (C=O) groups is 2. The Morgan fingerprint density at radius 3 is 1.90 bits per heavy atom. The highest BCUT2D eigenvalue weighted by Crippen LogP contribution is 2.27. The van der Waals surface area contributed by atoms with Gasteiger partial charge in [0.05, 0.1) is 0 Å². The van der Waals surface area contributed by atoms with E-state index in [1.807, 2.05) is 60.7 Å². The van der Waals surface area contributed by atoms with Gasteiger partial charge in [0.15, 0.2) is 0 Å². The number of nitrogens with one attached hydrogen (secondary N) is 1. The molecule has 1 aromatic heterocycles. The minimum absolute atomic E-state index is 0.0403. The lowest BCUT2D eigenvalue weighted by molar-refractivity contribution is -0.139. The molecule has 212 valence electrons. The highest BCUT2D eigenvalue weighted by atomic mass is 16.5. The van der Waals surface area contributed by atoms with Crippen LogP contribution in [0.2, 0.25) is 0 Å². The van der Waals surface area contributed by atoms with Crippen molar-refractivity contribution in [3.63, 3.8) is 0 Å². The smallest absolute Gasteiger partial charge is 0.326 e. The van der Waals surface area contributed by atoms with Gasteiger partial charge in [-0.25, -0.2) is 4.79 Å². The van der Waals surface area contributed by atoms with E-state index in [1.54, 1.807) is 12.1 Å². The summed E-state index contributed by atoms with van der Waals surface area (Å²) in [5.41, 5.74) is 7.23. The maximum Gasteiger partial charge on any atom is 0.326 e. The second kappa shape index (κ2) is 11.8. The molecule has 7 heteroatoms. The molecule has 0 saturated heterocycles. The van der Waals surface area contributed by atoms with Gasteiger partial charge in [-0.05, 0) is 58.9 Å². The maximum absolute atomic E-state index is 12.8. The number of nitrogens with zero attached hydrogens (tertiary/aromatic N) is 2. The van der Waals surface area contributed by atoms with E-state index in [0.717, 1.165) is 33.4 Å². The molecule has 1 heterocycles. The van der Waals surface area contributed by atoms with Crippen molar-refractivity contribution in [1.82, 2.24) is 15.5 Å². The molecule has 7 nitrogen and oxygen atoms in total. The lowest BCUT2D eigenvalue weighted by Crippen LogP contribution is -2.42. The number of rotatable bonds is 8. The first kappa shape index (κ1) is 28.5. The molecule has 0 aliphatic carbocycles. The summed E-state index contributed by atoms with van der Waals surface area (Å²) in [6.07, 6.45) is 0.131. The molecule has 1 atom stereocenters. The van der Waals surface area contributed by atoms with Crippen molar-refractivity contribution in [1.29, 1.82) is 0 Å². The van der Waals surface area contributed by atoms with E-state index in [1.165, 1.54) is 5.56 Å². The average Bonchev–Trinajstić information content (AvgIpc) is 3.48. The zero-order chi connectivity index (χ0) is 29.9. The van der Waals surface area contributed by atoms with E-state index < -0.39 is 17.9 Å². The van der Waals surface area contributed by atoms with Gasteiger partial charge in [-0.15, -0.1) is 0 Å². The molecule has 0 aliphatic rings. The van der Waals surface area contributed by atoms with Crippen LogP contribution in [0.3, 0.4) is 0 Å². The van der Waals surface area contributed by atoms with E-state index in [4.69, 9.17) is 4.52 Å². The number of aliphatic carboxylic acids is 1. The summed E-state index contributed by atoms with van der Waals surface area (Å²) >= 11 is 0. The Hall–Kier alpha value is -5.04. The highest BCUT2D eigenvalue weighted by Gasteiger charge is 2.22. The highest BCUT2D eigenvalue weighted by molar-refractivity contribution is 5.96. The van der Waals surface area contributed by atoms with Crippen molar-refractivity contribution < 1.29 is 19.2 Å². The Labute approximate surface area is 245 Å². The SMILES string of the molecule is Cc1ccc(-c2ccc(-c3nc(-c4ccc(CC(NC(=O)c5ccc(C(C)(C)C)cc5)C(=O)O)cc4)no3)cc2)cc1. The average molecular weight is 560 g/mol. The third-order valence-corrected chi connectivity index (χ3v) is 7.21. The number of amides is 1. The van der Waals surface area contributed by atoms with Crippen molar-refractivity contribution in [2.24, 2.45) is 0 Å². The second-order valence-corrected chi connectivity index (χ2v) is 11.5. The van der Waals surface area contributed by atoms with Gasteiger partial charge in [0.1, 0.15) is 6.04 Å². The number of hydrogen-bond donors (Lipinski definition) is 2. The molecule has 1 amide bonds. The Morgan fingerprint density at radius 1 is 0.786 bits per heavy atom. The van der Waals surface area contributed by atoms with Gasteiger partial charge in [0.2, 0.25) is 5.82 Å². The van der Waals surface area contributed by atoms with E-state index in [2.05, 4.69) is 67.4 Å². The summed E-state index contributed by atoms with van der Waals surface area (Å²) < 4.78 is 5.52. The van der Waals surface area contributed by atoms with Crippen LogP contribution in [0.4, 0.5) is 0 Å². The summed E-state index contributed by atoms with van der Waals surface area (Å²) in [7, 11) is 0. The largest absolute Gasteiger partial charge is 0.480 e. The molecular weight excluding hydrogens is 526 g/mol. The van der Waals surface area contributed by atoms with Crippen molar-refractivity contribution in [3.05, 3.63) is 119 Å². The van der Waals surface area contributed by atoms with Gasteiger partial charge in [-0.2, -0.15) is 4.98 Å². The van der Waals surface area contributed by atoms with E-state index >= 15 is 0 Å². The lowest BCUT2D eigenvalue weighted by atomic mass is 9.86. The molecular formula is C35H33N3O4. The van der Waals surface area contributed by atoms with Gasteiger partial charge in [0.25, 0.3) is 11.8 Å². The summed E-state index contributed by atoms with van der Waals surface area (Å²) in [5.74, 6) is -0.685. The molecule has 0 radical (unpaired) electrons. The molecule has 4 aromatic carbocycles. The van der Waals surface area contributed by atoms with Gasteiger partial charge in [-0.3, -0.25) is 4.79 Å². The molecule has 0 saturated carbocycles. The molecule has 0 bridgehead atoms. The van der Waals surface area contributed by atoms with Gasteiger partial charge in [0, 0.05) is 23.1 Å². The first-order valence-corrected chi connectivity index (χ1v) is 13.8. The Kier molecular flexibility index (Phi) is 8.02. The first-order valence-electron chi connectivity index (χ1n) is 13.8. The number of carboxylic acid groups (broad SMARTS) is 1. The lowest BCUT2D eigenvalue weighted by Gasteiger charge is -2.19. The van der Waals surface area contributed by atoms with Crippen LogP contribution < -0.4 is 5.32 Å². The molecule has 5 rings (SSSR count). The van der Waals surface area contributed by atoms with Crippen LogP contribution >= 0.6 is 0 Å². The van der Waals surface area contributed by atoms with Crippen LogP contribution in [0.1, 0.15) is 47.8 Å². The zero-order valence-electron chi connectivity index (χ0n) is 24.1. The fourth-order valence-electron chi connectivity index (χ4n) is 4.60. The molecule has 2 N–H and O–H groups in total. The fourth-order valence-corrected chi connectivity index (χ4v) is 4.60. The zero-order valence-corrected chi connectivity index (χ0v) is 24.1. The minimum atomic E-state index is -1.10. The van der Waals surface area contributed by atoms with Gasteiger partial charge in [-0.1, -0.05) is 104 Å². The summed E-state index contributed by atoms with van der Waals surface area (Å²) in [4.78, 5) is 29.3. The van der Waals surface area contributed by atoms with Crippen LogP contribution in [0.15, 0.2) is 102 Å². The number of benzene rings is 4. The second-order valence-electron chi connectivity index (χ2n) is 11.5. The number of carboxylic acids is 1. The molecule has 1 unspecified atom stereocenters. The van der Waals surface area contributed by atoms with E-state index in [0.29, 0.717) is 17.3 Å². The van der Waals surface area contributed by atoms with E-state index in [9.17, 15) is 14.7 Å². The van der Waals surface area contributed by atoms with Crippen LogP contribution in [0.5, 0.6) is 0 Å². The van der Waals surface area contributed by atoms with Crippen LogP contribution in [-0.2, 0) is 16.6 Å². The van der Waals surface area contributed by atoms with Crippen molar-refractivity contribution in [2.45, 2.75) is 45.6 Å². The van der Waals surface area contributed by atoms with Gasteiger partial charge < -0.3 is 14.9 Å². The Morgan fingerprint density at radius 2 is 1.33 bits per heavy atom. The summed E-state index contributed by atoms with van der Waals surface area (Å²) in [5, 5.41) is 16.5. The quantitative estimate of drug-likeness (QED) is 0.210. The fraction of sp³-hybridized carbons (Fsp3) is 0.200. The Balaban J connectivity index is 1.23. The Bertz CT molecular complexity index is 1680. The predicted octanol–water partition coefficient (Wildman–Crippen LogP) is 7.10. The molecule has 0 aliphatic heterocycles. The molecule has 42 heavy (non-hydrogen) atoms. The van der Waals surface area contributed by atoms with Crippen LogP contribution in [0, 0.1) is 6.92 Å². The third kappa shape index (κ3) is 6.63. The number of carbonyl (C=O) groups excluding carboxylic acids is 1. The monoisotopic (exact) mass is 559 g/mol.